The highest BCUT2D eigenvalue weighted by Crippen LogP contribution is 2.30. The molecule has 1 fully saturated rings. The van der Waals surface area contributed by atoms with Gasteiger partial charge in [-0.3, -0.25) is 0 Å². The van der Waals surface area contributed by atoms with E-state index in [0.717, 1.165) is 45.2 Å². The van der Waals surface area contributed by atoms with E-state index in [2.05, 4.69) is 39.7 Å². The Morgan fingerprint density at radius 2 is 2.04 bits per heavy atom. The van der Waals surface area contributed by atoms with Crippen LogP contribution in [0.5, 0.6) is 0 Å². The van der Waals surface area contributed by atoms with Gasteiger partial charge in [-0.2, -0.15) is 4.98 Å². The fraction of sp³-hybridized carbons (Fsp3) is 0.526. The van der Waals surface area contributed by atoms with Crippen molar-refractivity contribution in [3.05, 3.63) is 47.1 Å². The minimum absolute atomic E-state index is 0.0434. The normalized spacial score (nSPS) is 21.0. The van der Waals surface area contributed by atoms with Gasteiger partial charge in [0, 0.05) is 19.0 Å². The molecule has 0 bridgehead atoms. The zero-order valence-corrected chi connectivity index (χ0v) is 14.6. The maximum atomic E-state index is 12.7. The van der Waals surface area contributed by atoms with Gasteiger partial charge in [0.25, 0.3) is 0 Å². The number of hydrogen-bond donors (Lipinski definition) is 1. The van der Waals surface area contributed by atoms with Crippen molar-refractivity contribution < 1.29 is 9.32 Å². The van der Waals surface area contributed by atoms with Gasteiger partial charge in [-0.1, -0.05) is 29.4 Å². The van der Waals surface area contributed by atoms with E-state index in [-0.39, 0.29) is 18.0 Å². The molecule has 25 heavy (non-hydrogen) atoms. The Morgan fingerprint density at radius 3 is 2.80 bits per heavy atom. The lowest BCUT2D eigenvalue weighted by Gasteiger charge is -2.33. The molecule has 6 heteroatoms. The van der Waals surface area contributed by atoms with Crippen LogP contribution in [0.4, 0.5) is 4.79 Å². The molecule has 2 aromatic rings. The highest BCUT2D eigenvalue weighted by atomic mass is 16.5. The molecule has 1 aromatic heterocycles. The average Bonchev–Trinajstić information content (AvgIpc) is 3.08. The van der Waals surface area contributed by atoms with Gasteiger partial charge < -0.3 is 14.7 Å². The molecular formula is C19H24N4O2. The molecule has 0 radical (unpaired) electrons. The van der Waals surface area contributed by atoms with E-state index in [4.69, 9.17) is 4.52 Å². The number of nitrogens with zero attached hydrogens (tertiary/aromatic N) is 3. The minimum atomic E-state index is 0.0434. The lowest BCUT2D eigenvalue weighted by atomic mass is 9.88. The number of rotatable bonds is 2. The van der Waals surface area contributed by atoms with Gasteiger partial charge in [0.05, 0.1) is 6.04 Å². The van der Waals surface area contributed by atoms with Crippen LogP contribution < -0.4 is 5.32 Å². The van der Waals surface area contributed by atoms with Gasteiger partial charge >= 0.3 is 6.03 Å². The van der Waals surface area contributed by atoms with Crippen LogP contribution in [0.1, 0.15) is 60.5 Å². The molecule has 0 saturated carbocycles. The molecule has 2 aliphatic rings. The molecular weight excluding hydrogens is 316 g/mol. The van der Waals surface area contributed by atoms with Crippen LogP contribution in [0.25, 0.3) is 0 Å². The Labute approximate surface area is 147 Å². The van der Waals surface area contributed by atoms with Gasteiger partial charge in [-0.05, 0) is 50.2 Å². The standard InChI is InChI=1S/C19H24N4O2/c1-13-20-18(25-22-13)15-9-11-23(12-10-15)19(24)21-17-8-4-6-14-5-2-3-7-16(14)17/h2-3,5,7,15,17H,4,6,8-12H2,1H3,(H,21,24)/t17-/m0/s1. The Bertz CT molecular complexity index is 749. The topological polar surface area (TPSA) is 71.3 Å². The smallest absolute Gasteiger partial charge is 0.317 e. The molecule has 1 N–H and O–H groups in total. The largest absolute Gasteiger partial charge is 0.339 e. The second-order valence-corrected chi connectivity index (χ2v) is 7.03. The maximum absolute atomic E-state index is 12.7. The monoisotopic (exact) mass is 340 g/mol. The fourth-order valence-electron chi connectivity index (χ4n) is 3.95. The Kier molecular flexibility index (Phi) is 4.42. The van der Waals surface area contributed by atoms with Gasteiger partial charge in [0.15, 0.2) is 5.82 Å². The number of benzene rings is 1. The number of piperidine rings is 1. The summed E-state index contributed by atoms with van der Waals surface area (Å²) in [5.41, 5.74) is 2.64. The van der Waals surface area contributed by atoms with Crippen molar-refractivity contribution in [2.24, 2.45) is 0 Å². The number of amides is 2. The molecule has 4 rings (SSSR count). The number of aryl methyl sites for hydroxylation is 2. The quantitative estimate of drug-likeness (QED) is 0.910. The lowest BCUT2D eigenvalue weighted by Crippen LogP contribution is -2.45. The van der Waals surface area contributed by atoms with E-state index in [1.807, 2.05) is 11.8 Å². The van der Waals surface area contributed by atoms with Crippen molar-refractivity contribution in [1.29, 1.82) is 0 Å². The third-order valence-electron chi connectivity index (χ3n) is 5.34. The highest BCUT2D eigenvalue weighted by molar-refractivity contribution is 5.75. The molecule has 0 unspecified atom stereocenters. The maximum Gasteiger partial charge on any atom is 0.317 e. The third kappa shape index (κ3) is 3.38. The SMILES string of the molecule is Cc1noc(C2CCN(C(=O)N[C@H]3CCCc4ccccc43)CC2)n1. The van der Waals surface area contributed by atoms with E-state index >= 15 is 0 Å². The van der Waals surface area contributed by atoms with Crippen molar-refractivity contribution >= 4 is 6.03 Å². The number of nitrogens with one attached hydrogen (secondary N) is 1. The third-order valence-corrected chi connectivity index (χ3v) is 5.34. The molecule has 1 saturated heterocycles. The summed E-state index contributed by atoms with van der Waals surface area (Å²) in [6.07, 6.45) is 4.99. The summed E-state index contributed by atoms with van der Waals surface area (Å²) in [4.78, 5) is 18.9. The minimum Gasteiger partial charge on any atom is -0.339 e. The lowest BCUT2D eigenvalue weighted by molar-refractivity contribution is 0.170. The van der Waals surface area contributed by atoms with Crippen molar-refractivity contribution in [1.82, 2.24) is 20.4 Å². The van der Waals surface area contributed by atoms with Gasteiger partial charge in [0.2, 0.25) is 5.89 Å². The van der Waals surface area contributed by atoms with Gasteiger partial charge in [-0.25, -0.2) is 4.79 Å². The van der Waals surface area contributed by atoms with E-state index in [9.17, 15) is 4.79 Å². The summed E-state index contributed by atoms with van der Waals surface area (Å²) in [7, 11) is 0. The van der Waals surface area contributed by atoms with Crippen LogP contribution in [-0.4, -0.2) is 34.2 Å². The van der Waals surface area contributed by atoms with Crippen LogP contribution in [0.15, 0.2) is 28.8 Å². The zero-order valence-electron chi connectivity index (χ0n) is 14.6. The van der Waals surface area contributed by atoms with Crippen LogP contribution >= 0.6 is 0 Å². The molecule has 0 spiro atoms. The molecule has 2 amide bonds. The number of hydrogen-bond acceptors (Lipinski definition) is 4. The first-order valence-electron chi connectivity index (χ1n) is 9.14. The number of carbonyl (C=O) groups is 1. The molecule has 1 aromatic carbocycles. The van der Waals surface area contributed by atoms with E-state index < -0.39 is 0 Å². The summed E-state index contributed by atoms with van der Waals surface area (Å²) in [6.45, 7) is 3.29. The Hall–Kier alpha value is -2.37. The molecule has 1 atom stereocenters. The fourth-order valence-corrected chi connectivity index (χ4v) is 3.95. The van der Waals surface area contributed by atoms with Crippen LogP contribution in [0, 0.1) is 6.92 Å². The number of likely N-dealkylation sites (tertiary alicyclic amines) is 1. The number of carbonyl (C=O) groups excluding carboxylic acids is 1. The Balaban J connectivity index is 1.35. The summed E-state index contributed by atoms with van der Waals surface area (Å²) in [6, 6.07) is 8.62. The number of aromatic nitrogens is 2. The molecule has 6 nitrogen and oxygen atoms in total. The second kappa shape index (κ2) is 6.86. The van der Waals surface area contributed by atoms with Crippen molar-refractivity contribution in [3.63, 3.8) is 0 Å². The Morgan fingerprint density at radius 1 is 1.24 bits per heavy atom. The summed E-state index contributed by atoms with van der Waals surface area (Å²) < 4.78 is 5.28. The molecule has 2 heterocycles. The van der Waals surface area contributed by atoms with Crippen molar-refractivity contribution in [2.45, 2.75) is 51.0 Å². The first-order chi connectivity index (χ1) is 12.2. The van der Waals surface area contributed by atoms with E-state index in [1.54, 1.807) is 0 Å². The van der Waals surface area contributed by atoms with Crippen LogP contribution in [-0.2, 0) is 6.42 Å². The second-order valence-electron chi connectivity index (χ2n) is 7.03. The average molecular weight is 340 g/mol. The summed E-state index contributed by atoms with van der Waals surface area (Å²) in [5, 5.41) is 7.10. The van der Waals surface area contributed by atoms with Crippen molar-refractivity contribution in [2.75, 3.05) is 13.1 Å². The van der Waals surface area contributed by atoms with Crippen LogP contribution in [0.2, 0.25) is 0 Å². The van der Waals surface area contributed by atoms with Gasteiger partial charge in [0.1, 0.15) is 0 Å². The predicted molar refractivity (Wildman–Crippen MR) is 93.2 cm³/mol. The first kappa shape index (κ1) is 16.1. The summed E-state index contributed by atoms with van der Waals surface area (Å²) in [5.74, 6) is 1.64. The van der Waals surface area contributed by atoms with Crippen LogP contribution in [0.3, 0.4) is 0 Å². The van der Waals surface area contributed by atoms with E-state index in [0.29, 0.717) is 11.7 Å². The van der Waals surface area contributed by atoms with Gasteiger partial charge in [-0.15, -0.1) is 0 Å². The molecule has 132 valence electrons. The molecule has 1 aliphatic carbocycles. The number of fused-ring (bicyclic) bond motifs is 1. The highest BCUT2D eigenvalue weighted by Gasteiger charge is 2.29. The zero-order chi connectivity index (χ0) is 17.2. The molecule has 1 aliphatic heterocycles. The van der Waals surface area contributed by atoms with E-state index in [1.165, 1.54) is 11.1 Å². The summed E-state index contributed by atoms with van der Waals surface area (Å²) >= 11 is 0. The van der Waals surface area contributed by atoms with Crippen molar-refractivity contribution in [3.8, 4) is 0 Å². The predicted octanol–water partition coefficient (Wildman–Crippen LogP) is 3.34. The number of urea groups is 1. The first-order valence-corrected chi connectivity index (χ1v) is 9.14.